The van der Waals surface area contributed by atoms with Crippen LogP contribution in [0.2, 0.25) is 0 Å². The van der Waals surface area contributed by atoms with E-state index in [1.54, 1.807) is 20.0 Å². The number of amides is 2. The minimum atomic E-state index is -0.707. The molecule has 0 aliphatic carbocycles. The Hall–Kier alpha value is -1.11. The lowest BCUT2D eigenvalue weighted by Crippen LogP contribution is -2.43. The summed E-state index contributed by atoms with van der Waals surface area (Å²) in [5.41, 5.74) is 1.03. The van der Waals surface area contributed by atoms with Crippen molar-refractivity contribution in [3.63, 3.8) is 0 Å². The maximum Gasteiger partial charge on any atom is 0.321 e. The lowest BCUT2D eigenvalue weighted by Gasteiger charge is -2.30. The minimum Gasteiger partial charge on any atom is -0.396 e. The zero-order chi connectivity index (χ0) is 15.3. The Morgan fingerprint density at radius 3 is 2.50 bits per heavy atom. The average molecular weight is 345 g/mol. The number of hydrogen-bond donors (Lipinski definition) is 3. The smallest absolute Gasteiger partial charge is 0.321 e. The summed E-state index contributed by atoms with van der Waals surface area (Å²) in [7, 11) is 1.63. The lowest BCUT2D eigenvalue weighted by atomic mass is 9.92. The Morgan fingerprint density at radius 1 is 1.40 bits per heavy atom. The van der Waals surface area contributed by atoms with E-state index in [1.807, 2.05) is 19.1 Å². The summed E-state index contributed by atoms with van der Waals surface area (Å²) in [6, 6.07) is 5.27. The number of nitrogens with one attached hydrogen (secondary N) is 1. The van der Waals surface area contributed by atoms with Gasteiger partial charge in [0.25, 0.3) is 0 Å². The van der Waals surface area contributed by atoms with Crippen molar-refractivity contribution in [2.24, 2.45) is 5.41 Å². The Labute approximate surface area is 127 Å². The summed E-state index contributed by atoms with van der Waals surface area (Å²) < 4.78 is 0.983. The average Bonchev–Trinajstić information content (AvgIpc) is 2.42. The molecule has 2 amide bonds. The van der Waals surface area contributed by atoms with E-state index in [1.165, 1.54) is 4.90 Å². The van der Waals surface area contributed by atoms with Crippen molar-refractivity contribution in [3.8, 4) is 0 Å². The molecule has 0 radical (unpaired) electrons. The van der Waals surface area contributed by atoms with E-state index in [0.29, 0.717) is 5.69 Å². The molecule has 0 spiro atoms. The number of hydrogen-bond acceptors (Lipinski definition) is 3. The second kappa shape index (κ2) is 7.06. The number of nitrogens with zero attached hydrogens (tertiary/aromatic N) is 1. The molecule has 5 nitrogen and oxygen atoms in total. The molecule has 3 N–H and O–H groups in total. The standard InChI is InChI=1S/C14H21BrN2O3/c1-10-6-11(4-5-12(10)15)16-13(20)17(3)7-14(2,8-18)9-19/h4-6,18-19H,7-9H2,1-3H3,(H,16,20). The summed E-state index contributed by atoms with van der Waals surface area (Å²) >= 11 is 3.40. The fraction of sp³-hybridized carbons (Fsp3) is 0.500. The topological polar surface area (TPSA) is 72.8 Å². The molecule has 1 aromatic carbocycles. The first kappa shape index (κ1) is 16.9. The number of benzene rings is 1. The molecule has 1 rings (SSSR count). The first-order valence-electron chi connectivity index (χ1n) is 6.31. The van der Waals surface area contributed by atoms with Crippen LogP contribution in [0.1, 0.15) is 12.5 Å². The zero-order valence-electron chi connectivity index (χ0n) is 12.0. The van der Waals surface area contributed by atoms with Crippen LogP contribution in [-0.4, -0.2) is 48.0 Å². The predicted octanol–water partition coefficient (Wildman–Crippen LogP) is 2.21. The molecule has 0 unspecified atom stereocenters. The first-order chi connectivity index (χ1) is 9.31. The maximum atomic E-state index is 12.1. The molecule has 6 heteroatoms. The van der Waals surface area contributed by atoms with Crippen molar-refractivity contribution in [2.45, 2.75) is 13.8 Å². The summed E-state index contributed by atoms with van der Waals surface area (Å²) in [4.78, 5) is 13.5. The minimum absolute atomic E-state index is 0.182. The number of urea groups is 1. The predicted molar refractivity (Wildman–Crippen MR) is 82.8 cm³/mol. The first-order valence-corrected chi connectivity index (χ1v) is 7.10. The van der Waals surface area contributed by atoms with Crippen LogP contribution in [0.15, 0.2) is 22.7 Å². The largest absolute Gasteiger partial charge is 0.396 e. The van der Waals surface area contributed by atoms with Gasteiger partial charge in [-0.1, -0.05) is 22.9 Å². The fourth-order valence-corrected chi connectivity index (χ4v) is 1.98. The number of carbonyl (C=O) groups is 1. The van der Waals surface area contributed by atoms with E-state index in [0.717, 1.165) is 10.0 Å². The Morgan fingerprint density at radius 2 is 2.00 bits per heavy atom. The van der Waals surface area contributed by atoms with Crippen LogP contribution in [0, 0.1) is 12.3 Å². The Balaban J connectivity index is 2.68. The number of aryl methyl sites for hydroxylation is 1. The molecule has 0 heterocycles. The third-order valence-corrected chi connectivity index (χ3v) is 4.03. The normalized spacial score (nSPS) is 11.3. The summed E-state index contributed by atoms with van der Waals surface area (Å²) in [6.07, 6.45) is 0. The zero-order valence-corrected chi connectivity index (χ0v) is 13.6. The molecule has 0 fully saturated rings. The van der Waals surface area contributed by atoms with E-state index >= 15 is 0 Å². The molecular formula is C14H21BrN2O3. The molecule has 20 heavy (non-hydrogen) atoms. The lowest BCUT2D eigenvalue weighted by molar-refractivity contribution is 0.0509. The van der Waals surface area contributed by atoms with Gasteiger partial charge in [-0.3, -0.25) is 0 Å². The van der Waals surface area contributed by atoms with Gasteiger partial charge < -0.3 is 20.4 Å². The second-order valence-corrected chi connectivity index (χ2v) is 6.23. The maximum absolute atomic E-state index is 12.1. The van der Waals surface area contributed by atoms with Crippen LogP contribution in [0.5, 0.6) is 0 Å². The van der Waals surface area contributed by atoms with Gasteiger partial charge in [0.05, 0.1) is 13.2 Å². The van der Waals surface area contributed by atoms with Crippen molar-refractivity contribution in [3.05, 3.63) is 28.2 Å². The summed E-state index contributed by atoms with van der Waals surface area (Å²) in [6.45, 7) is 3.57. The van der Waals surface area contributed by atoms with Crippen molar-refractivity contribution < 1.29 is 15.0 Å². The van der Waals surface area contributed by atoms with E-state index in [-0.39, 0.29) is 25.8 Å². The van der Waals surface area contributed by atoms with Crippen LogP contribution < -0.4 is 5.32 Å². The van der Waals surface area contributed by atoms with Gasteiger partial charge in [0.15, 0.2) is 0 Å². The molecule has 0 saturated heterocycles. The highest BCUT2D eigenvalue weighted by Gasteiger charge is 2.26. The summed E-state index contributed by atoms with van der Waals surface area (Å²) in [5.74, 6) is 0. The van der Waals surface area contributed by atoms with Crippen molar-refractivity contribution in [2.75, 3.05) is 32.1 Å². The van der Waals surface area contributed by atoms with Gasteiger partial charge in [0.1, 0.15) is 0 Å². The molecule has 0 aliphatic rings. The van der Waals surface area contributed by atoms with Crippen LogP contribution in [-0.2, 0) is 0 Å². The van der Waals surface area contributed by atoms with Crippen molar-refractivity contribution in [1.82, 2.24) is 4.90 Å². The van der Waals surface area contributed by atoms with Crippen molar-refractivity contribution >= 4 is 27.6 Å². The third-order valence-electron chi connectivity index (χ3n) is 3.14. The molecular weight excluding hydrogens is 324 g/mol. The number of aliphatic hydroxyl groups excluding tert-OH is 2. The fourth-order valence-electron chi connectivity index (χ4n) is 1.74. The molecule has 0 bridgehead atoms. The van der Waals surface area contributed by atoms with E-state index in [4.69, 9.17) is 0 Å². The van der Waals surface area contributed by atoms with Gasteiger partial charge in [0, 0.05) is 29.2 Å². The highest BCUT2D eigenvalue weighted by molar-refractivity contribution is 9.10. The highest BCUT2D eigenvalue weighted by atomic mass is 79.9. The Bertz CT molecular complexity index is 475. The van der Waals surface area contributed by atoms with Gasteiger partial charge in [-0.25, -0.2) is 4.79 Å². The van der Waals surface area contributed by atoms with Crippen molar-refractivity contribution in [1.29, 1.82) is 0 Å². The summed E-state index contributed by atoms with van der Waals surface area (Å²) in [5, 5.41) is 21.3. The SMILES string of the molecule is Cc1cc(NC(=O)N(C)CC(C)(CO)CO)ccc1Br. The number of carbonyl (C=O) groups excluding carboxylic acids is 1. The van der Waals surface area contributed by atoms with Crippen LogP contribution >= 0.6 is 15.9 Å². The number of rotatable bonds is 5. The number of anilines is 1. The highest BCUT2D eigenvalue weighted by Crippen LogP contribution is 2.21. The van der Waals surface area contributed by atoms with E-state index < -0.39 is 5.41 Å². The van der Waals surface area contributed by atoms with E-state index in [9.17, 15) is 15.0 Å². The molecule has 1 aromatic rings. The molecule has 0 atom stereocenters. The Kier molecular flexibility index (Phi) is 5.98. The quantitative estimate of drug-likeness (QED) is 0.766. The van der Waals surface area contributed by atoms with Crippen LogP contribution in [0.4, 0.5) is 10.5 Å². The van der Waals surface area contributed by atoms with Crippen LogP contribution in [0.3, 0.4) is 0 Å². The monoisotopic (exact) mass is 344 g/mol. The molecule has 0 aromatic heterocycles. The molecule has 112 valence electrons. The number of halogens is 1. The van der Waals surface area contributed by atoms with Gasteiger partial charge in [-0.05, 0) is 30.7 Å². The van der Waals surface area contributed by atoms with Gasteiger partial charge in [-0.15, -0.1) is 0 Å². The van der Waals surface area contributed by atoms with Gasteiger partial charge in [0.2, 0.25) is 0 Å². The van der Waals surface area contributed by atoms with Gasteiger partial charge in [-0.2, -0.15) is 0 Å². The van der Waals surface area contributed by atoms with E-state index in [2.05, 4.69) is 21.2 Å². The number of aliphatic hydroxyl groups is 2. The third kappa shape index (κ3) is 4.47. The van der Waals surface area contributed by atoms with Gasteiger partial charge >= 0.3 is 6.03 Å². The van der Waals surface area contributed by atoms with Crippen LogP contribution in [0.25, 0.3) is 0 Å². The second-order valence-electron chi connectivity index (χ2n) is 5.38. The molecule has 0 aliphatic heterocycles. The molecule has 0 saturated carbocycles.